The normalized spacial score (nSPS) is 14.2. The minimum atomic E-state index is 0.0339. The van der Waals surface area contributed by atoms with Gasteiger partial charge >= 0.3 is 0 Å². The van der Waals surface area contributed by atoms with E-state index >= 15 is 0 Å². The van der Waals surface area contributed by atoms with Crippen molar-refractivity contribution in [3.63, 3.8) is 0 Å². The molecule has 1 aromatic rings. The largest absolute Gasteiger partial charge is 0.382 e. The minimum Gasteiger partial charge on any atom is -0.382 e. The molecule has 0 fully saturated rings. The van der Waals surface area contributed by atoms with Gasteiger partial charge in [0.2, 0.25) is 0 Å². The van der Waals surface area contributed by atoms with Gasteiger partial charge in [0.1, 0.15) is 17.6 Å². The quantitative estimate of drug-likeness (QED) is 0.624. The molecule has 1 heterocycles. The SMILES string of the molecule is CC(/N=C(\N)c1ncccc1C#N)C(C)(C)C. The predicted molar refractivity (Wildman–Crippen MR) is 68.6 cm³/mol. The number of nitrogens with zero attached hydrogens (tertiary/aromatic N) is 3. The molecular formula is C13H18N4. The number of aromatic nitrogens is 1. The van der Waals surface area contributed by atoms with Gasteiger partial charge in [0.25, 0.3) is 0 Å². The standard InChI is InChI=1S/C13H18N4/c1-9(13(2,3)4)17-12(15)11-10(8-14)6-5-7-16-11/h5-7,9H,1-4H3,(H2,15,17). The van der Waals surface area contributed by atoms with Gasteiger partial charge in [-0.1, -0.05) is 20.8 Å². The molecule has 0 spiro atoms. The van der Waals surface area contributed by atoms with Crippen LogP contribution in [0.25, 0.3) is 0 Å². The summed E-state index contributed by atoms with van der Waals surface area (Å²) >= 11 is 0. The molecule has 4 nitrogen and oxygen atoms in total. The fourth-order valence-electron chi connectivity index (χ4n) is 1.16. The van der Waals surface area contributed by atoms with E-state index in [-0.39, 0.29) is 11.5 Å². The molecule has 4 heteroatoms. The van der Waals surface area contributed by atoms with Crippen LogP contribution in [0.15, 0.2) is 23.3 Å². The molecule has 0 radical (unpaired) electrons. The predicted octanol–water partition coefficient (Wildman–Crippen LogP) is 2.09. The number of aliphatic imine (C=N–C) groups is 1. The van der Waals surface area contributed by atoms with Crippen LogP contribution < -0.4 is 5.73 Å². The lowest BCUT2D eigenvalue weighted by Crippen LogP contribution is -2.26. The highest BCUT2D eigenvalue weighted by Gasteiger charge is 2.20. The topological polar surface area (TPSA) is 75.1 Å². The molecule has 0 aliphatic carbocycles. The second-order valence-electron chi connectivity index (χ2n) is 5.07. The molecular weight excluding hydrogens is 212 g/mol. The van der Waals surface area contributed by atoms with Crippen LogP contribution in [-0.2, 0) is 0 Å². The van der Waals surface area contributed by atoms with Gasteiger partial charge in [-0.25, -0.2) is 0 Å². The van der Waals surface area contributed by atoms with Crippen molar-refractivity contribution in [2.45, 2.75) is 33.7 Å². The Bertz CT molecular complexity index is 463. The number of hydrogen-bond donors (Lipinski definition) is 1. The summed E-state index contributed by atoms with van der Waals surface area (Å²) in [5.41, 5.74) is 6.86. The summed E-state index contributed by atoms with van der Waals surface area (Å²) < 4.78 is 0. The van der Waals surface area contributed by atoms with Gasteiger partial charge in [0, 0.05) is 6.20 Å². The molecule has 0 bridgehead atoms. The number of hydrogen-bond acceptors (Lipinski definition) is 3. The van der Waals surface area contributed by atoms with Gasteiger partial charge in [-0.15, -0.1) is 0 Å². The second kappa shape index (κ2) is 4.96. The molecule has 2 N–H and O–H groups in total. The van der Waals surface area contributed by atoms with Gasteiger partial charge in [0.15, 0.2) is 0 Å². The summed E-state index contributed by atoms with van der Waals surface area (Å²) in [7, 11) is 0. The zero-order valence-corrected chi connectivity index (χ0v) is 10.7. The molecule has 0 aromatic carbocycles. The minimum absolute atomic E-state index is 0.0339. The van der Waals surface area contributed by atoms with Gasteiger partial charge in [-0.3, -0.25) is 9.98 Å². The van der Waals surface area contributed by atoms with Gasteiger partial charge in [-0.2, -0.15) is 5.26 Å². The summed E-state index contributed by atoms with van der Waals surface area (Å²) in [6.45, 7) is 8.29. The lowest BCUT2D eigenvalue weighted by molar-refractivity contribution is 0.341. The number of pyridine rings is 1. The van der Waals surface area contributed by atoms with E-state index in [2.05, 4.69) is 36.8 Å². The fourth-order valence-corrected chi connectivity index (χ4v) is 1.16. The highest BCUT2D eigenvalue weighted by atomic mass is 14.9. The van der Waals surface area contributed by atoms with E-state index in [0.29, 0.717) is 17.1 Å². The lowest BCUT2D eigenvalue weighted by atomic mass is 9.88. The van der Waals surface area contributed by atoms with E-state index in [9.17, 15) is 0 Å². The maximum atomic E-state index is 8.96. The Morgan fingerprint density at radius 1 is 1.53 bits per heavy atom. The first-order valence-electron chi connectivity index (χ1n) is 5.55. The molecule has 0 saturated carbocycles. The molecule has 0 aliphatic heterocycles. The number of nitrogens with two attached hydrogens (primary N) is 1. The van der Waals surface area contributed by atoms with Gasteiger partial charge in [-0.05, 0) is 24.5 Å². The fraction of sp³-hybridized carbons (Fsp3) is 0.462. The summed E-state index contributed by atoms with van der Waals surface area (Å²) in [4.78, 5) is 8.51. The Kier molecular flexibility index (Phi) is 3.84. The van der Waals surface area contributed by atoms with Crippen molar-refractivity contribution in [2.75, 3.05) is 0 Å². The summed E-state index contributed by atoms with van der Waals surface area (Å²) in [6.07, 6.45) is 1.61. The van der Waals surface area contributed by atoms with Crippen LogP contribution in [-0.4, -0.2) is 16.9 Å². The molecule has 1 atom stereocenters. The van der Waals surface area contributed by atoms with Gasteiger partial charge in [0.05, 0.1) is 11.6 Å². The first-order chi connectivity index (χ1) is 7.86. The average Bonchev–Trinajstić information content (AvgIpc) is 2.27. The van der Waals surface area contributed by atoms with E-state index in [0.717, 1.165) is 0 Å². The Morgan fingerprint density at radius 3 is 2.71 bits per heavy atom. The Labute approximate surface area is 102 Å². The Morgan fingerprint density at radius 2 is 2.18 bits per heavy atom. The Balaban J connectivity index is 3.09. The lowest BCUT2D eigenvalue weighted by Gasteiger charge is -2.23. The molecule has 1 rings (SSSR count). The molecule has 90 valence electrons. The molecule has 0 amide bonds. The van der Waals surface area contributed by atoms with Crippen molar-refractivity contribution in [1.82, 2.24) is 4.98 Å². The van der Waals surface area contributed by atoms with Crippen molar-refractivity contribution in [2.24, 2.45) is 16.1 Å². The number of amidine groups is 1. The summed E-state index contributed by atoms with van der Waals surface area (Å²) in [6, 6.07) is 5.53. The molecule has 0 aliphatic rings. The monoisotopic (exact) mass is 230 g/mol. The number of nitriles is 1. The molecule has 1 aromatic heterocycles. The van der Waals surface area contributed by atoms with Crippen molar-refractivity contribution in [1.29, 1.82) is 5.26 Å². The van der Waals surface area contributed by atoms with E-state index in [1.165, 1.54) is 0 Å². The molecule has 0 saturated heterocycles. The zero-order chi connectivity index (χ0) is 13.1. The van der Waals surface area contributed by atoms with E-state index in [1.807, 2.05) is 6.92 Å². The Hall–Kier alpha value is -1.89. The van der Waals surface area contributed by atoms with Crippen molar-refractivity contribution in [3.05, 3.63) is 29.6 Å². The third-order valence-electron chi connectivity index (χ3n) is 2.76. The highest BCUT2D eigenvalue weighted by molar-refractivity contribution is 5.97. The second-order valence-corrected chi connectivity index (χ2v) is 5.07. The van der Waals surface area contributed by atoms with Crippen LogP contribution in [0.1, 0.15) is 39.0 Å². The first kappa shape index (κ1) is 13.2. The van der Waals surface area contributed by atoms with Crippen LogP contribution in [0.3, 0.4) is 0 Å². The zero-order valence-electron chi connectivity index (χ0n) is 10.7. The van der Waals surface area contributed by atoms with Crippen LogP contribution in [0, 0.1) is 16.7 Å². The number of rotatable bonds is 2. The first-order valence-corrected chi connectivity index (χ1v) is 5.55. The highest BCUT2D eigenvalue weighted by Crippen LogP contribution is 2.22. The maximum Gasteiger partial charge on any atom is 0.146 e. The maximum absolute atomic E-state index is 8.96. The van der Waals surface area contributed by atoms with Crippen LogP contribution in [0.2, 0.25) is 0 Å². The summed E-state index contributed by atoms with van der Waals surface area (Å²) in [5, 5.41) is 8.96. The van der Waals surface area contributed by atoms with Crippen LogP contribution in [0.5, 0.6) is 0 Å². The summed E-state index contributed by atoms with van der Waals surface area (Å²) in [5.74, 6) is 0.324. The smallest absolute Gasteiger partial charge is 0.146 e. The third-order valence-corrected chi connectivity index (χ3v) is 2.76. The van der Waals surface area contributed by atoms with Crippen molar-refractivity contribution >= 4 is 5.84 Å². The molecule has 1 unspecified atom stereocenters. The van der Waals surface area contributed by atoms with E-state index < -0.39 is 0 Å². The third kappa shape index (κ3) is 3.28. The van der Waals surface area contributed by atoms with Crippen LogP contribution in [0.4, 0.5) is 0 Å². The van der Waals surface area contributed by atoms with E-state index in [4.69, 9.17) is 11.0 Å². The van der Waals surface area contributed by atoms with Crippen LogP contribution >= 0.6 is 0 Å². The van der Waals surface area contributed by atoms with E-state index in [1.54, 1.807) is 18.3 Å². The van der Waals surface area contributed by atoms with Gasteiger partial charge < -0.3 is 5.73 Å². The molecule has 17 heavy (non-hydrogen) atoms. The van der Waals surface area contributed by atoms with Crippen molar-refractivity contribution in [3.8, 4) is 6.07 Å². The van der Waals surface area contributed by atoms with Crippen molar-refractivity contribution < 1.29 is 0 Å². The average molecular weight is 230 g/mol.